The first-order valence-electron chi connectivity index (χ1n) is 0.507. The van der Waals surface area contributed by atoms with E-state index in [1.54, 1.807) is 0 Å². The van der Waals surface area contributed by atoms with Gasteiger partial charge in [0.1, 0.15) is 0 Å². The summed E-state index contributed by atoms with van der Waals surface area (Å²) >= 11 is 7.56. The quantitative estimate of drug-likeness (QED) is 0.269. The molecule has 0 aromatic carbocycles. The molecule has 0 spiro atoms. The first-order valence-corrected chi connectivity index (χ1v) is 29.8. The van der Waals surface area contributed by atoms with Crippen LogP contribution in [-0.4, -0.2) is 9.18 Å². The van der Waals surface area contributed by atoms with E-state index in [0.29, 0.717) is 0 Å². The molecule has 0 bridgehead atoms. The van der Waals surface area contributed by atoms with Crippen molar-refractivity contribution in [2.75, 3.05) is 0 Å². The van der Waals surface area contributed by atoms with Crippen LogP contribution in [0.25, 0.3) is 0 Å². The minimum absolute atomic E-state index is 0. The summed E-state index contributed by atoms with van der Waals surface area (Å²) in [6.45, 7) is 0. The van der Waals surface area contributed by atoms with Crippen LogP contribution in [0.3, 0.4) is 0 Å². The Morgan fingerprint density at radius 3 is 1.00 bits per heavy atom. The third-order valence-electron chi connectivity index (χ3n) is 0. The fraction of sp³-hybridized carbons (Fsp3) is 0. The van der Waals surface area contributed by atoms with Gasteiger partial charge in [-0.2, -0.15) is 0 Å². The molecule has 5 heavy (non-hydrogen) atoms. The Morgan fingerprint density at radius 1 is 1.00 bits per heavy atom. The van der Waals surface area contributed by atoms with E-state index in [9.17, 15) is 0 Å². The summed E-state index contributed by atoms with van der Waals surface area (Å²) in [7, 11) is -0.683. The molecule has 0 nitrogen and oxygen atoms in total. The van der Waals surface area contributed by atoms with Gasteiger partial charge in [-0.05, 0) is 0 Å². The van der Waals surface area contributed by atoms with Crippen molar-refractivity contribution >= 4 is 63.3 Å². The van der Waals surface area contributed by atoms with Crippen molar-refractivity contribution in [1.29, 1.82) is 0 Å². The Kier molecular flexibility index (Phi) is 18.8. The number of halogens is 3. The molecule has 0 amide bonds. The number of hydrogen-bond acceptors (Lipinski definition) is 0. The summed E-state index contributed by atoms with van der Waals surface area (Å²) in [5, 5.41) is 0. The molecule has 0 saturated heterocycles. The van der Waals surface area contributed by atoms with Crippen molar-refractivity contribution in [3.8, 4) is 0 Å². The van der Waals surface area contributed by atoms with E-state index >= 15 is 0 Å². The van der Waals surface area contributed by atoms with E-state index < -0.39 is 9.18 Å². The normalized spacial score (nSPS) is 7.20. The average Bonchev–Trinajstić information content (AvgIpc) is 0.811. The second-order valence-electron chi connectivity index (χ2n) is 0.192. The van der Waals surface area contributed by atoms with Gasteiger partial charge in [0.2, 0.25) is 0 Å². The molecule has 0 aromatic heterocycles. The average molecular weight is 702 g/mol. The molecule has 0 rings (SSSR count). The predicted octanol–water partition coefficient (Wildman–Crippen LogP) is 2.27. The molecule has 0 heterocycles. The van der Waals surface area contributed by atoms with Crippen LogP contribution < -0.4 is 0 Å². The first kappa shape index (κ1) is 11.8. The molecule has 0 N–H and O–H groups in total. The summed E-state index contributed by atoms with van der Waals surface area (Å²) in [4.78, 5) is 0. The number of hydrogen-bond donors (Lipinski definition) is 0. The summed E-state index contributed by atoms with van der Waals surface area (Å²) in [5.41, 5.74) is 0. The van der Waals surface area contributed by atoms with Crippen molar-refractivity contribution in [2.45, 2.75) is 0 Å². The van der Waals surface area contributed by atoms with Crippen LogP contribution >= 0.6 is 54.1 Å². The van der Waals surface area contributed by atoms with Crippen LogP contribution in [0.2, 0.25) is 0 Å². The molecular formula is BiCdI3. The van der Waals surface area contributed by atoms with Crippen molar-refractivity contribution in [1.82, 2.24) is 0 Å². The zero-order chi connectivity index (χ0) is 3.58. The third kappa shape index (κ3) is 18.0. The van der Waals surface area contributed by atoms with Crippen LogP contribution in [0, 0.1) is 0 Å². The van der Waals surface area contributed by atoms with Gasteiger partial charge in [0, 0.05) is 27.3 Å². The van der Waals surface area contributed by atoms with Gasteiger partial charge >= 0.3 is 63.3 Å². The molecule has 0 radical (unpaired) electrons. The molecule has 0 aromatic rings. The van der Waals surface area contributed by atoms with E-state index in [0.717, 1.165) is 0 Å². The summed E-state index contributed by atoms with van der Waals surface area (Å²) in [5.74, 6) is 0. The van der Waals surface area contributed by atoms with Gasteiger partial charge in [0.05, 0.1) is 0 Å². The van der Waals surface area contributed by atoms with Crippen LogP contribution in [0.4, 0.5) is 0 Å². The van der Waals surface area contributed by atoms with E-state index in [-0.39, 0.29) is 27.3 Å². The third-order valence-corrected chi connectivity index (χ3v) is 0. The SMILES string of the molecule is [Cd].[I][Bi]([I])[I]. The van der Waals surface area contributed by atoms with Crippen LogP contribution in [0.5, 0.6) is 0 Å². The molecule has 0 atom stereocenters. The fourth-order valence-electron chi connectivity index (χ4n) is 0. The van der Waals surface area contributed by atoms with E-state index in [2.05, 4.69) is 54.1 Å². The Labute approximate surface area is 87.5 Å². The Hall–Kier alpha value is 4.00. The Morgan fingerprint density at radius 2 is 1.00 bits per heavy atom. The van der Waals surface area contributed by atoms with Gasteiger partial charge in [0.25, 0.3) is 0 Å². The van der Waals surface area contributed by atoms with E-state index in [4.69, 9.17) is 0 Å². The van der Waals surface area contributed by atoms with E-state index in [1.807, 2.05) is 0 Å². The molecule has 0 aliphatic rings. The molecule has 5 heteroatoms. The van der Waals surface area contributed by atoms with Crippen LogP contribution in [0.1, 0.15) is 0 Å². The second kappa shape index (κ2) is 8.00. The minimum atomic E-state index is -0.683. The predicted molar refractivity (Wildman–Crippen MR) is 47.8 cm³/mol. The molecule has 0 aliphatic heterocycles. The maximum atomic E-state index is 2.52. The van der Waals surface area contributed by atoms with Gasteiger partial charge in [-0.3, -0.25) is 0 Å². The van der Waals surface area contributed by atoms with Crippen LogP contribution in [0.15, 0.2) is 0 Å². The monoisotopic (exact) mass is 704 g/mol. The molecule has 28 valence electrons. The summed E-state index contributed by atoms with van der Waals surface area (Å²) < 4.78 is 0. The van der Waals surface area contributed by atoms with E-state index in [1.165, 1.54) is 0 Å². The zero-order valence-corrected chi connectivity index (χ0v) is 16.3. The number of rotatable bonds is 0. The maximum absolute atomic E-state index is 2.52. The molecule has 0 saturated carbocycles. The van der Waals surface area contributed by atoms with Crippen molar-refractivity contribution < 1.29 is 27.3 Å². The fourth-order valence-corrected chi connectivity index (χ4v) is 0. The van der Waals surface area contributed by atoms with Gasteiger partial charge in [-0.25, -0.2) is 0 Å². The van der Waals surface area contributed by atoms with Crippen molar-refractivity contribution in [3.63, 3.8) is 0 Å². The Balaban J connectivity index is 0. The second-order valence-corrected chi connectivity index (χ2v) is 75.7. The Bertz CT molecular complexity index is 11.6. The molecule has 0 unspecified atom stereocenters. The molecular weight excluding hydrogens is 702 g/mol. The first-order chi connectivity index (χ1) is 1.73. The van der Waals surface area contributed by atoms with Gasteiger partial charge < -0.3 is 0 Å². The van der Waals surface area contributed by atoms with Gasteiger partial charge in [0.15, 0.2) is 0 Å². The molecule has 0 aliphatic carbocycles. The van der Waals surface area contributed by atoms with Crippen LogP contribution in [-0.2, 0) is 27.3 Å². The zero-order valence-electron chi connectivity index (χ0n) is 2.29. The van der Waals surface area contributed by atoms with Crippen molar-refractivity contribution in [2.24, 2.45) is 0 Å². The summed E-state index contributed by atoms with van der Waals surface area (Å²) in [6, 6.07) is 0. The standard InChI is InChI=1S/Bi.Cd.3HI/h;;3*1H/q+3;;;;/p-3. The van der Waals surface area contributed by atoms with Gasteiger partial charge in [-0.1, -0.05) is 0 Å². The van der Waals surface area contributed by atoms with Gasteiger partial charge in [-0.15, -0.1) is 0 Å². The van der Waals surface area contributed by atoms with Crippen molar-refractivity contribution in [3.05, 3.63) is 0 Å². The molecule has 0 fully saturated rings. The topological polar surface area (TPSA) is 0 Å². The summed E-state index contributed by atoms with van der Waals surface area (Å²) in [6.07, 6.45) is 0.